The molecule has 0 amide bonds. The quantitative estimate of drug-likeness (QED) is 0.408. The third kappa shape index (κ3) is 2.62. The molecule has 0 aromatic carbocycles. The Hall–Kier alpha value is 0.390. The topological polar surface area (TPSA) is 17.1 Å². The van der Waals surface area contributed by atoms with Crippen LogP contribution in [0.5, 0.6) is 0 Å². The number of halogens is 1. The molecule has 0 rings (SSSR count). The molecule has 0 aromatic rings. The van der Waals surface area contributed by atoms with Crippen molar-refractivity contribution in [3.05, 3.63) is 0 Å². The van der Waals surface area contributed by atoms with E-state index in [-0.39, 0.29) is 13.6 Å². The highest BCUT2D eigenvalue weighted by molar-refractivity contribution is 7.27. The molecule has 36 valence electrons. The van der Waals surface area contributed by atoms with Crippen LogP contribution in [-0.4, -0.2) is 5.12 Å². The lowest BCUT2D eigenvalue weighted by atomic mass is 10.6. The smallest absolute Gasteiger partial charge is 0.174 e. The fourth-order valence-electron chi connectivity index (χ4n) is 0.0745. The van der Waals surface area contributed by atoms with Gasteiger partial charge in [0.15, 0.2) is 8.46 Å². The minimum absolute atomic E-state index is 0.0436. The summed E-state index contributed by atoms with van der Waals surface area (Å²) in [6.07, 6.45) is 0.770. The number of alkyl halides is 1. The summed E-state index contributed by atoms with van der Waals surface area (Å²) in [5, 5.41) is -0.176. The van der Waals surface area contributed by atoms with Gasteiger partial charge in [0.1, 0.15) is 5.12 Å². The first-order valence-electron chi connectivity index (χ1n) is 1.77. The van der Waals surface area contributed by atoms with Crippen molar-refractivity contribution in [3.63, 3.8) is 0 Å². The molecule has 0 saturated heterocycles. The van der Waals surface area contributed by atoms with Crippen LogP contribution in [0.2, 0.25) is 0 Å². The van der Waals surface area contributed by atoms with E-state index in [1.807, 2.05) is 6.92 Å². The minimum Gasteiger partial charge on any atom is -0.273 e. The van der Waals surface area contributed by atoms with Crippen LogP contribution < -0.4 is 0 Å². The van der Waals surface area contributed by atoms with Crippen LogP contribution in [0.1, 0.15) is 13.3 Å². The molecular weight excluding hydrogens is 118 g/mol. The monoisotopic (exact) mass is 124 g/mol. The minimum atomic E-state index is -0.176. The number of hydrogen-bond acceptors (Lipinski definition) is 1. The van der Waals surface area contributed by atoms with Crippen molar-refractivity contribution in [1.82, 2.24) is 0 Å². The molecule has 6 heavy (non-hydrogen) atoms. The third-order valence-electron chi connectivity index (χ3n) is 0.451. The van der Waals surface area contributed by atoms with Crippen molar-refractivity contribution in [2.45, 2.75) is 18.5 Å². The van der Waals surface area contributed by atoms with Gasteiger partial charge in [-0.25, -0.2) is 0 Å². The zero-order chi connectivity index (χ0) is 4.99. The summed E-state index contributed by atoms with van der Waals surface area (Å²) in [4.78, 5) is 0. The van der Waals surface area contributed by atoms with E-state index >= 15 is 0 Å². The van der Waals surface area contributed by atoms with E-state index in [9.17, 15) is 4.57 Å². The SMILES string of the molecule is CCC(Cl)P=O. The fourth-order valence-corrected chi connectivity index (χ4v) is 0.224. The largest absolute Gasteiger partial charge is 0.273 e. The maximum atomic E-state index is 9.70. The van der Waals surface area contributed by atoms with Gasteiger partial charge in [-0.1, -0.05) is 6.92 Å². The Morgan fingerprint density at radius 1 is 2.00 bits per heavy atom. The van der Waals surface area contributed by atoms with Gasteiger partial charge in [-0.3, -0.25) is 4.57 Å². The van der Waals surface area contributed by atoms with Crippen LogP contribution in [0.15, 0.2) is 0 Å². The Morgan fingerprint density at radius 3 is 2.50 bits per heavy atom. The van der Waals surface area contributed by atoms with Gasteiger partial charge in [-0.2, -0.15) is 0 Å². The molecule has 0 N–H and O–H groups in total. The lowest BCUT2D eigenvalue weighted by Gasteiger charge is -1.84. The van der Waals surface area contributed by atoms with Gasteiger partial charge < -0.3 is 0 Å². The molecule has 0 aliphatic heterocycles. The maximum absolute atomic E-state index is 9.70. The number of hydrogen-bond donors (Lipinski definition) is 0. The van der Waals surface area contributed by atoms with Gasteiger partial charge in [0.25, 0.3) is 0 Å². The molecule has 0 heterocycles. The van der Waals surface area contributed by atoms with E-state index < -0.39 is 0 Å². The molecule has 1 nitrogen and oxygen atoms in total. The molecular formula is C3H6ClOP. The van der Waals surface area contributed by atoms with Crippen LogP contribution >= 0.6 is 20.1 Å². The summed E-state index contributed by atoms with van der Waals surface area (Å²) in [6, 6.07) is 0. The first kappa shape index (κ1) is 6.39. The average Bonchev–Trinajstić information content (AvgIpc) is 1.65. The summed E-state index contributed by atoms with van der Waals surface area (Å²) in [6.45, 7) is 1.89. The summed E-state index contributed by atoms with van der Waals surface area (Å²) < 4.78 is 9.70. The van der Waals surface area contributed by atoms with Crippen molar-refractivity contribution in [2.24, 2.45) is 0 Å². The van der Waals surface area contributed by atoms with Crippen LogP contribution in [0.3, 0.4) is 0 Å². The molecule has 0 aliphatic carbocycles. The first-order valence-corrected chi connectivity index (χ1v) is 3.09. The molecule has 1 unspecified atom stereocenters. The fraction of sp³-hybridized carbons (Fsp3) is 1.00. The van der Waals surface area contributed by atoms with Crippen LogP contribution in [0.4, 0.5) is 0 Å². The molecule has 0 saturated carbocycles. The second kappa shape index (κ2) is 3.58. The lowest BCUT2D eigenvalue weighted by Crippen LogP contribution is -1.76. The molecule has 0 fully saturated rings. The molecule has 0 bridgehead atoms. The Bertz CT molecular complexity index is 48.1. The van der Waals surface area contributed by atoms with E-state index in [1.54, 1.807) is 0 Å². The second-order valence-electron chi connectivity index (χ2n) is 0.948. The molecule has 0 aliphatic rings. The predicted molar refractivity (Wildman–Crippen MR) is 27.5 cm³/mol. The van der Waals surface area contributed by atoms with Gasteiger partial charge in [-0.05, 0) is 6.42 Å². The normalized spacial score (nSPS) is 15.0. The van der Waals surface area contributed by atoms with Gasteiger partial charge in [0.2, 0.25) is 0 Å². The summed E-state index contributed by atoms with van der Waals surface area (Å²) in [5.41, 5.74) is 0. The van der Waals surface area contributed by atoms with Crippen LogP contribution in [0, 0.1) is 0 Å². The van der Waals surface area contributed by atoms with E-state index in [0.29, 0.717) is 0 Å². The van der Waals surface area contributed by atoms with Crippen molar-refractivity contribution in [1.29, 1.82) is 0 Å². The van der Waals surface area contributed by atoms with Gasteiger partial charge in [0, 0.05) is 0 Å². The summed E-state index contributed by atoms with van der Waals surface area (Å²) in [5.74, 6) is 0. The highest BCUT2D eigenvalue weighted by Gasteiger charge is 1.94. The standard InChI is InChI=1S/C3H6ClOP/c1-2-3(4)6-5/h3H,2H2,1H3. The highest BCUT2D eigenvalue weighted by atomic mass is 35.5. The average molecular weight is 125 g/mol. The lowest BCUT2D eigenvalue weighted by molar-refractivity contribution is 0.596. The van der Waals surface area contributed by atoms with E-state index in [1.165, 1.54) is 0 Å². The Balaban J connectivity index is 2.96. The van der Waals surface area contributed by atoms with Crippen molar-refractivity contribution in [2.75, 3.05) is 0 Å². The first-order chi connectivity index (χ1) is 2.81. The Kier molecular flexibility index (Phi) is 3.81. The van der Waals surface area contributed by atoms with Gasteiger partial charge >= 0.3 is 0 Å². The second-order valence-corrected chi connectivity index (χ2v) is 2.61. The molecule has 0 aromatic heterocycles. The molecule has 1 atom stereocenters. The van der Waals surface area contributed by atoms with Crippen molar-refractivity contribution >= 4 is 20.1 Å². The van der Waals surface area contributed by atoms with Gasteiger partial charge in [-0.15, -0.1) is 11.6 Å². The van der Waals surface area contributed by atoms with E-state index in [4.69, 9.17) is 11.6 Å². The van der Waals surface area contributed by atoms with Crippen molar-refractivity contribution in [3.8, 4) is 0 Å². The van der Waals surface area contributed by atoms with E-state index in [2.05, 4.69) is 0 Å². The third-order valence-corrected chi connectivity index (χ3v) is 1.59. The zero-order valence-electron chi connectivity index (χ0n) is 3.52. The maximum Gasteiger partial charge on any atom is 0.174 e. The molecule has 0 radical (unpaired) electrons. The highest BCUT2D eigenvalue weighted by Crippen LogP contribution is 2.13. The molecule has 3 heteroatoms. The van der Waals surface area contributed by atoms with E-state index in [0.717, 1.165) is 6.42 Å². The zero-order valence-corrected chi connectivity index (χ0v) is 5.17. The molecule has 0 spiro atoms. The van der Waals surface area contributed by atoms with Gasteiger partial charge in [0.05, 0.1) is 0 Å². The van der Waals surface area contributed by atoms with Crippen molar-refractivity contribution < 1.29 is 4.57 Å². The Labute approximate surface area is 43.9 Å². The summed E-state index contributed by atoms with van der Waals surface area (Å²) in [7, 11) is 0.0436. The number of rotatable bonds is 2. The van der Waals surface area contributed by atoms with Crippen LogP contribution in [-0.2, 0) is 4.57 Å². The van der Waals surface area contributed by atoms with Crippen LogP contribution in [0.25, 0.3) is 0 Å². The summed E-state index contributed by atoms with van der Waals surface area (Å²) >= 11 is 5.32. The Morgan fingerprint density at radius 2 is 2.50 bits per heavy atom. The predicted octanol–water partition coefficient (Wildman–Crippen LogP) is 2.25.